The number of carbonyl (C=O) groups is 1. The van der Waals surface area contributed by atoms with Crippen molar-refractivity contribution in [3.05, 3.63) is 33.6 Å². The molecule has 2 N–H and O–H groups in total. The summed E-state index contributed by atoms with van der Waals surface area (Å²) in [7, 11) is 1.43. The van der Waals surface area contributed by atoms with Gasteiger partial charge in [-0.3, -0.25) is 20.2 Å². The van der Waals surface area contributed by atoms with Gasteiger partial charge in [-0.1, -0.05) is 9.59 Å². The molecule has 0 radical (unpaired) electrons. The van der Waals surface area contributed by atoms with Crippen LogP contribution in [0.3, 0.4) is 0 Å². The summed E-state index contributed by atoms with van der Waals surface area (Å²) in [6.45, 7) is 0. The molecule has 0 unspecified atom stereocenters. The van der Waals surface area contributed by atoms with Gasteiger partial charge in [0, 0.05) is 18.6 Å². The fourth-order valence-electron chi connectivity index (χ4n) is 1.43. The van der Waals surface area contributed by atoms with Gasteiger partial charge in [0.15, 0.2) is 5.82 Å². The molecule has 1 aromatic heterocycles. The number of nitrogens with one attached hydrogen (secondary N) is 2. The lowest BCUT2D eigenvalue weighted by Gasteiger charge is -2.07. The highest BCUT2D eigenvalue weighted by Crippen LogP contribution is 2.26. The van der Waals surface area contributed by atoms with Gasteiger partial charge < -0.3 is 5.32 Å². The number of rotatable bonds is 4. The number of amides is 1. The topological polar surface area (TPSA) is 123 Å². The van der Waals surface area contributed by atoms with E-state index >= 15 is 0 Å². The quantitative estimate of drug-likeness (QED) is 0.643. The van der Waals surface area contributed by atoms with E-state index in [4.69, 9.17) is 0 Å². The van der Waals surface area contributed by atoms with Crippen molar-refractivity contribution in [3.63, 3.8) is 0 Å². The molecular weight excluding hydrogens is 291 g/mol. The van der Waals surface area contributed by atoms with E-state index in [2.05, 4.69) is 25.4 Å². The molecule has 20 heavy (non-hydrogen) atoms. The van der Waals surface area contributed by atoms with Crippen LogP contribution < -0.4 is 10.6 Å². The molecule has 0 aliphatic heterocycles. The van der Waals surface area contributed by atoms with Crippen LogP contribution in [0.4, 0.5) is 20.9 Å². The van der Waals surface area contributed by atoms with Crippen LogP contribution in [0.25, 0.3) is 0 Å². The number of nitro groups is 1. The van der Waals surface area contributed by atoms with Crippen molar-refractivity contribution < 1.29 is 14.1 Å². The molecule has 0 fully saturated rings. The Kier molecular flexibility index (Phi) is 3.79. The lowest BCUT2D eigenvalue weighted by molar-refractivity contribution is -0.385. The predicted octanol–water partition coefficient (Wildman–Crippen LogP) is 1.27. The van der Waals surface area contributed by atoms with E-state index in [1.807, 2.05) is 0 Å². The highest BCUT2D eigenvalue weighted by Gasteiger charge is 2.24. The maximum Gasteiger partial charge on any atom is 0.285 e. The van der Waals surface area contributed by atoms with Crippen molar-refractivity contribution in [2.45, 2.75) is 0 Å². The molecule has 9 nitrogen and oxygen atoms in total. The molecule has 0 saturated carbocycles. The van der Waals surface area contributed by atoms with Crippen LogP contribution in [0.1, 0.15) is 10.4 Å². The maximum atomic E-state index is 13.5. The van der Waals surface area contributed by atoms with Crippen LogP contribution in [0.2, 0.25) is 0 Å². The summed E-state index contributed by atoms with van der Waals surface area (Å²) in [6.07, 6.45) is 0. The van der Waals surface area contributed by atoms with E-state index in [-0.39, 0.29) is 16.4 Å². The van der Waals surface area contributed by atoms with Gasteiger partial charge in [0.25, 0.3) is 11.6 Å². The normalized spacial score (nSPS) is 10.1. The van der Waals surface area contributed by atoms with E-state index in [1.165, 1.54) is 7.05 Å². The SMILES string of the molecule is CNc1cc(C(=O)Nc2nnns2)c([N+](=O)[O-])cc1F. The largest absolute Gasteiger partial charge is 0.386 e. The number of anilines is 2. The van der Waals surface area contributed by atoms with Crippen LogP contribution in [-0.2, 0) is 0 Å². The smallest absolute Gasteiger partial charge is 0.285 e. The van der Waals surface area contributed by atoms with Crippen LogP contribution in [0.15, 0.2) is 12.1 Å². The van der Waals surface area contributed by atoms with Crippen molar-refractivity contribution >= 4 is 33.9 Å². The zero-order chi connectivity index (χ0) is 14.7. The number of hydrogen-bond acceptors (Lipinski definition) is 8. The van der Waals surface area contributed by atoms with E-state index in [0.29, 0.717) is 6.07 Å². The average Bonchev–Trinajstić information content (AvgIpc) is 2.90. The first-order valence-corrected chi connectivity index (χ1v) is 5.92. The second-order valence-electron chi connectivity index (χ2n) is 3.48. The van der Waals surface area contributed by atoms with Crippen molar-refractivity contribution in [3.8, 4) is 0 Å². The Morgan fingerprint density at radius 2 is 2.25 bits per heavy atom. The number of hydrogen-bond donors (Lipinski definition) is 2. The lowest BCUT2D eigenvalue weighted by Crippen LogP contribution is -2.15. The van der Waals surface area contributed by atoms with Crippen LogP contribution >= 0.6 is 11.5 Å². The van der Waals surface area contributed by atoms with Gasteiger partial charge in [-0.2, -0.15) is 0 Å². The Morgan fingerprint density at radius 3 is 2.80 bits per heavy atom. The molecule has 0 aliphatic rings. The summed E-state index contributed by atoms with van der Waals surface area (Å²) in [5.74, 6) is -1.62. The third-order valence-corrected chi connectivity index (χ3v) is 2.83. The second-order valence-corrected chi connectivity index (χ2v) is 4.21. The number of carbonyl (C=O) groups excluding carboxylic acids is 1. The Bertz CT molecular complexity index is 662. The molecule has 11 heteroatoms. The van der Waals surface area contributed by atoms with Crippen molar-refractivity contribution in [1.82, 2.24) is 14.8 Å². The minimum Gasteiger partial charge on any atom is -0.386 e. The number of benzene rings is 1. The van der Waals surface area contributed by atoms with Gasteiger partial charge in [-0.15, -0.1) is 0 Å². The summed E-state index contributed by atoms with van der Waals surface area (Å²) < 4.78 is 16.9. The molecule has 1 aromatic carbocycles. The van der Waals surface area contributed by atoms with E-state index in [0.717, 1.165) is 17.6 Å². The summed E-state index contributed by atoms with van der Waals surface area (Å²) in [5.41, 5.74) is -0.969. The molecule has 0 aliphatic carbocycles. The third-order valence-electron chi connectivity index (χ3n) is 2.32. The van der Waals surface area contributed by atoms with E-state index in [9.17, 15) is 19.3 Å². The van der Waals surface area contributed by atoms with Gasteiger partial charge in [0.2, 0.25) is 5.13 Å². The molecule has 1 heterocycles. The first-order valence-electron chi connectivity index (χ1n) is 5.15. The Morgan fingerprint density at radius 1 is 1.50 bits per heavy atom. The summed E-state index contributed by atoms with van der Waals surface area (Å²) in [6, 6.07) is 1.73. The summed E-state index contributed by atoms with van der Waals surface area (Å²) in [5, 5.41) is 22.5. The second kappa shape index (κ2) is 5.52. The third kappa shape index (κ3) is 2.66. The fraction of sp³-hybridized carbons (Fsp3) is 0.111. The molecule has 0 atom stereocenters. The van der Waals surface area contributed by atoms with Gasteiger partial charge in [0.1, 0.15) is 5.56 Å². The molecule has 1 amide bonds. The molecule has 104 valence electrons. The van der Waals surface area contributed by atoms with Crippen molar-refractivity contribution in [2.75, 3.05) is 17.7 Å². The average molecular weight is 298 g/mol. The monoisotopic (exact) mass is 298 g/mol. The van der Waals surface area contributed by atoms with Crippen molar-refractivity contribution in [2.24, 2.45) is 0 Å². The predicted molar refractivity (Wildman–Crippen MR) is 68.3 cm³/mol. The Hall–Kier alpha value is -2.69. The van der Waals surface area contributed by atoms with Crippen LogP contribution in [-0.4, -0.2) is 32.7 Å². The number of aromatic nitrogens is 3. The minimum atomic E-state index is -0.838. The number of halogens is 1. The summed E-state index contributed by atoms with van der Waals surface area (Å²) >= 11 is 0.810. The fourth-order valence-corrected chi connectivity index (χ4v) is 1.80. The van der Waals surface area contributed by atoms with Gasteiger partial charge in [0.05, 0.1) is 16.7 Å². The molecule has 0 bridgehead atoms. The Balaban J connectivity index is 2.42. The van der Waals surface area contributed by atoms with Crippen LogP contribution in [0, 0.1) is 15.9 Å². The van der Waals surface area contributed by atoms with E-state index in [1.54, 1.807) is 0 Å². The molecule has 2 rings (SSSR count). The number of nitro benzene ring substituents is 1. The van der Waals surface area contributed by atoms with Crippen LogP contribution in [0.5, 0.6) is 0 Å². The highest BCUT2D eigenvalue weighted by atomic mass is 32.1. The lowest BCUT2D eigenvalue weighted by atomic mass is 10.1. The number of nitrogens with zero attached hydrogens (tertiary/aromatic N) is 4. The zero-order valence-corrected chi connectivity index (χ0v) is 10.8. The summed E-state index contributed by atoms with van der Waals surface area (Å²) in [4.78, 5) is 22.0. The molecule has 0 spiro atoms. The minimum absolute atomic E-state index is 0.0314. The van der Waals surface area contributed by atoms with Gasteiger partial charge in [-0.25, -0.2) is 4.39 Å². The maximum absolute atomic E-state index is 13.5. The van der Waals surface area contributed by atoms with Gasteiger partial charge >= 0.3 is 0 Å². The van der Waals surface area contributed by atoms with Crippen molar-refractivity contribution in [1.29, 1.82) is 0 Å². The first-order chi connectivity index (χ1) is 9.52. The standard InChI is InChI=1S/C9H7FN6O3S/c1-11-6-2-4(7(16(18)19)3-5(6)10)8(17)12-9-13-14-15-20-9/h2-3,11H,1H3,(H,12,13,15,17). The first kappa shape index (κ1) is 13.7. The zero-order valence-electron chi connectivity index (χ0n) is 9.95. The highest BCUT2D eigenvalue weighted by molar-refractivity contribution is 7.09. The Labute approximate surface area is 115 Å². The van der Waals surface area contributed by atoms with E-state index < -0.39 is 22.3 Å². The molecule has 0 saturated heterocycles. The molecule has 2 aromatic rings. The van der Waals surface area contributed by atoms with Gasteiger partial charge in [-0.05, 0) is 11.3 Å². The molecular formula is C9H7FN6O3S.